The van der Waals surface area contributed by atoms with Gasteiger partial charge in [-0.1, -0.05) is 24.3 Å². The van der Waals surface area contributed by atoms with Gasteiger partial charge in [0, 0.05) is 25.3 Å². The fourth-order valence-electron chi connectivity index (χ4n) is 3.29. The van der Waals surface area contributed by atoms with Gasteiger partial charge in [-0.05, 0) is 58.7 Å². The van der Waals surface area contributed by atoms with Crippen LogP contribution in [0.3, 0.4) is 0 Å². The molecule has 0 radical (unpaired) electrons. The van der Waals surface area contributed by atoms with Crippen LogP contribution < -0.4 is 10.2 Å². The van der Waals surface area contributed by atoms with Gasteiger partial charge in [0.15, 0.2) is 0 Å². The third kappa shape index (κ3) is 4.31. The normalized spacial score (nSPS) is 13.7. The van der Waals surface area contributed by atoms with Crippen LogP contribution in [-0.4, -0.2) is 39.2 Å². The first-order valence-corrected chi connectivity index (χ1v) is 9.21. The summed E-state index contributed by atoms with van der Waals surface area (Å²) < 4.78 is 1.58. The van der Waals surface area contributed by atoms with Crippen LogP contribution in [-0.2, 0) is 17.8 Å². The topological polar surface area (TPSA) is 75.9 Å². The van der Waals surface area contributed by atoms with Crippen molar-refractivity contribution in [2.24, 2.45) is 0 Å². The minimum atomic E-state index is 0.00814. The van der Waals surface area contributed by atoms with Crippen molar-refractivity contribution in [2.45, 2.75) is 25.8 Å². The van der Waals surface area contributed by atoms with Gasteiger partial charge in [-0.15, -0.1) is 5.10 Å². The molecule has 27 heavy (non-hydrogen) atoms. The van der Waals surface area contributed by atoms with Gasteiger partial charge in [0.05, 0.1) is 12.1 Å². The highest BCUT2D eigenvalue weighted by atomic mass is 16.1. The lowest BCUT2D eigenvalue weighted by Crippen LogP contribution is -2.24. The molecule has 0 bridgehead atoms. The van der Waals surface area contributed by atoms with Gasteiger partial charge in [0.25, 0.3) is 0 Å². The second kappa shape index (κ2) is 7.99. The molecule has 1 aliphatic rings. The van der Waals surface area contributed by atoms with Crippen LogP contribution >= 0.6 is 0 Å². The van der Waals surface area contributed by atoms with E-state index in [4.69, 9.17) is 0 Å². The zero-order valence-electron chi connectivity index (χ0n) is 15.1. The minimum absolute atomic E-state index is 0.00814. The number of nitrogens with zero attached hydrogens (tertiary/aromatic N) is 5. The molecule has 1 aliphatic heterocycles. The van der Waals surface area contributed by atoms with Gasteiger partial charge in [-0.25, -0.2) is 4.68 Å². The van der Waals surface area contributed by atoms with E-state index in [0.717, 1.165) is 29.9 Å². The van der Waals surface area contributed by atoms with Crippen LogP contribution in [0, 0.1) is 0 Å². The molecule has 7 heteroatoms. The highest BCUT2D eigenvalue weighted by Crippen LogP contribution is 2.20. The second-order valence-electron chi connectivity index (χ2n) is 6.73. The summed E-state index contributed by atoms with van der Waals surface area (Å²) in [4.78, 5) is 14.6. The summed E-state index contributed by atoms with van der Waals surface area (Å²) in [5.74, 6) is 0.00814. The van der Waals surface area contributed by atoms with Crippen molar-refractivity contribution in [1.82, 2.24) is 25.5 Å². The molecule has 2 aromatic carbocycles. The summed E-state index contributed by atoms with van der Waals surface area (Å²) in [5.41, 5.74) is 4.20. The first kappa shape index (κ1) is 17.2. The molecule has 2 heterocycles. The predicted molar refractivity (Wildman–Crippen MR) is 103 cm³/mol. The monoisotopic (exact) mass is 362 g/mol. The van der Waals surface area contributed by atoms with Gasteiger partial charge in [-0.3, -0.25) is 4.79 Å². The van der Waals surface area contributed by atoms with Crippen LogP contribution in [0.4, 0.5) is 5.69 Å². The molecule has 4 rings (SSSR count). The van der Waals surface area contributed by atoms with E-state index in [0.29, 0.717) is 13.0 Å². The Bertz CT molecular complexity index is 868. The third-order valence-corrected chi connectivity index (χ3v) is 4.81. The van der Waals surface area contributed by atoms with Crippen molar-refractivity contribution in [3.8, 4) is 5.69 Å². The highest BCUT2D eigenvalue weighted by molar-refractivity contribution is 5.78. The van der Waals surface area contributed by atoms with Crippen molar-refractivity contribution in [2.75, 3.05) is 18.0 Å². The number of amides is 1. The lowest BCUT2D eigenvalue weighted by atomic mass is 10.1. The summed E-state index contributed by atoms with van der Waals surface area (Å²) in [7, 11) is 0. The van der Waals surface area contributed by atoms with E-state index >= 15 is 0 Å². The number of nitrogens with one attached hydrogen (secondary N) is 1. The largest absolute Gasteiger partial charge is 0.372 e. The molecule has 7 nitrogen and oxygen atoms in total. The van der Waals surface area contributed by atoms with E-state index in [9.17, 15) is 4.79 Å². The Kier molecular flexibility index (Phi) is 5.09. The van der Waals surface area contributed by atoms with Crippen molar-refractivity contribution in [3.63, 3.8) is 0 Å². The van der Waals surface area contributed by atoms with E-state index in [2.05, 4.69) is 50.0 Å². The van der Waals surface area contributed by atoms with Crippen LogP contribution in [0.5, 0.6) is 0 Å². The van der Waals surface area contributed by atoms with Crippen LogP contribution in [0.2, 0.25) is 0 Å². The lowest BCUT2D eigenvalue weighted by Gasteiger charge is -2.17. The molecule has 138 valence electrons. The molecule has 0 atom stereocenters. The zero-order chi connectivity index (χ0) is 18.5. The summed E-state index contributed by atoms with van der Waals surface area (Å²) >= 11 is 0. The van der Waals surface area contributed by atoms with E-state index in [1.807, 2.05) is 24.3 Å². The molecule has 1 N–H and O–H groups in total. The van der Waals surface area contributed by atoms with Crippen molar-refractivity contribution in [1.29, 1.82) is 0 Å². The molecule has 3 aromatic rings. The fraction of sp³-hybridized carbons (Fsp3) is 0.300. The number of carbonyl (C=O) groups excluding carboxylic acids is 1. The third-order valence-electron chi connectivity index (χ3n) is 4.81. The number of benzene rings is 2. The van der Waals surface area contributed by atoms with Crippen molar-refractivity contribution < 1.29 is 4.79 Å². The van der Waals surface area contributed by atoms with Gasteiger partial charge in [-0.2, -0.15) is 0 Å². The minimum Gasteiger partial charge on any atom is -0.372 e. The molecular weight excluding hydrogens is 340 g/mol. The first-order chi connectivity index (χ1) is 13.3. The SMILES string of the molecule is O=C(Cc1ccc(-n2cnnn2)cc1)NCc1ccc(N2CCCC2)cc1. The average molecular weight is 362 g/mol. The van der Waals surface area contributed by atoms with Gasteiger partial charge in [0.1, 0.15) is 6.33 Å². The zero-order valence-corrected chi connectivity index (χ0v) is 15.1. The maximum Gasteiger partial charge on any atom is 0.224 e. The molecule has 1 amide bonds. The number of hydrogen-bond acceptors (Lipinski definition) is 5. The quantitative estimate of drug-likeness (QED) is 0.727. The van der Waals surface area contributed by atoms with Crippen LogP contribution in [0.15, 0.2) is 54.9 Å². The maximum absolute atomic E-state index is 12.2. The van der Waals surface area contributed by atoms with Crippen LogP contribution in [0.25, 0.3) is 5.69 Å². The fourth-order valence-corrected chi connectivity index (χ4v) is 3.29. The van der Waals surface area contributed by atoms with E-state index in [-0.39, 0.29) is 5.91 Å². The van der Waals surface area contributed by atoms with Crippen molar-refractivity contribution >= 4 is 11.6 Å². The summed E-state index contributed by atoms with van der Waals surface area (Å²) in [5, 5.41) is 14.1. The van der Waals surface area contributed by atoms with E-state index < -0.39 is 0 Å². The number of anilines is 1. The van der Waals surface area contributed by atoms with Crippen LogP contribution in [0.1, 0.15) is 24.0 Å². The van der Waals surface area contributed by atoms with Gasteiger partial charge < -0.3 is 10.2 Å². The highest BCUT2D eigenvalue weighted by Gasteiger charge is 2.12. The summed E-state index contributed by atoms with van der Waals surface area (Å²) in [6.45, 7) is 2.83. The Morgan fingerprint density at radius 3 is 2.26 bits per heavy atom. The summed E-state index contributed by atoms with van der Waals surface area (Å²) in [6.07, 6.45) is 4.43. The second-order valence-corrected chi connectivity index (χ2v) is 6.73. The number of carbonyl (C=O) groups is 1. The maximum atomic E-state index is 12.2. The van der Waals surface area contributed by atoms with Crippen molar-refractivity contribution in [3.05, 3.63) is 66.0 Å². The van der Waals surface area contributed by atoms with Gasteiger partial charge in [0.2, 0.25) is 5.91 Å². The van der Waals surface area contributed by atoms with Gasteiger partial charge >= 0.3 is 0 Å². The number of aromatic nitrogens is 4. The molecule has 0 spiro atoms. The summed E-state index contributed by atoms with van der Waals surface area (Å²) in [6, 6.07) is 16.1. The van der Waals surface area contributed by atoms with E-state index in [1.54, 1.807) is 4.68 Å². The standard InChI is InChI=1S/C20H22N6O/c27-20(13-16-3-9-19(10-4-16)26-15-22-23-24-26)21-14-17-5-7-18(8-6-17)25-11-1-2-12-25/h3-10,15H,1-2,11-14H2,(H,21,27). The Morgan fingerprint density at radius 1 is 0.926 bits per heavy atom. The Hall–Kier alpha value is -3.22. The number of tetrazole rings is 1. The predicted octanol–water partition coefficient (Wildman–Crippen LogP) is 2.12. The lowest BCUT2D eigenvalue weighted by molar-refractivity contribution is -0.120. The molecule has 0 saturated carbocycles. The number of rotatable bonds is 6. The molecular formula is C20H22N6O. The smallest absolute Gasteiger partial charge is 0.224 e. The van der Waals surface area contributed by atoms with E-state index in [1.165, 1.54) is 24.9 Å². The Morgan fingerprint density at radius 2 is 1.59 bits per heavy atom. The number of hydrogen-bond donors (Lipinski definition) is 1. The first-order valence-electron chi connectivity index (χ1n) is 9.21. The molecule has 0 unspecified atom stereocenters. The molecule has 1 aromatic heterocycles. The average Bonchev–Trinajstić information content (AvgIpc) is 3.41. The Balaban J connectivity index is 1.28. The Labute approximate surface area is 158 Å². The molecule has 1 fully saturated rings. The molecule has 0 aliphatic carbocycles. The molecule has 1 saturated heterocycles.